The fourth-order valence-corrected chi connectivity index (χ4v) is 1.75. The number of rotatable bonds is 4. The molecule has 1 heterocycles. The molecule has 0 radical (unpaired) electrons. The first kappa shape index (κ1) is 9.90. The Kier molecular flexibility index (Phi) is 3.62. The summed E-state index contributed by atoms with van der Waals surface area (Å²) in [6.45, 7) is 0. The van der Waals surface area contributed by atoms with Crippen molar-refractivity contribution in [3.8, 4) is 6.07 Å². The molecule has 3 nitrogen and oxygen atoms in total. The lowest BCUT2D eigenvalue weighted by atomic mass is 10.2. The molecule has 0 spiro atoms. The molecule has 1 aromatic heterocycles. The van der Waals surface area contributed by atoms with Crippen LogP contribution in [-0.4, -0.2) is 12.4 Å². The molecule has 4 heteroatoms. The van der Waals surface area contributed by atoms with Gasteiger partial charge in [-0.15, -0.1) is 11.3 Å². The molecule has 1 unspecified atom stereocenters. The lowest BCUT2D eigenvalue weighted by Crippen LogP contribution is -2.26. The molecule has 0 aliphatic rings. The number of carbonyl (C=O) groups excluding carboxylic acids is 1. The molecule has 0 bridgehead atoms. The van der Waals surface area contributed by atoms with Crippen molar-refractivity contribution < 1.29 is 9.90 Å². The van der Waals surface area contributed by atoms with Gasteiger partial charge in [0, 0.05) is 4.88 Å². The monoisotopic (exact) mass is 194 g/mol. The molecule has 0 fully saturated rings. The molecule has 0 saturated carbocycles. The van der Waals surface area contributed by atoms with Gasteiger partial charge in [-0.25, -0.2) is 0 Å². The average Bonchev–Trinajstić information content (AvgIpc) is 2.61. The lowest BCUT2D eigenvalue weighted by molar-refractivity contribution is -0.401. The highest BCUT2D eigenvalue weighted by molar-refractivity contribution is 7.12. The minimum atomic E-state index is -1.13. The maximum absolute atomic E-state index is 10.7. The third-order valence-electron chi connectivity index (χ3n) is 1.60. The Labute approximate surface area is 80.2 Å². The largest absolute Gasteiger partial charge is 0.847 e. The van der Waals surface area contributed by atoms with E-state index in [1.54, 1.807) is 6.07 Å². The van der Waals surface area contributed by atoms with Crippen LogP contribution >= 0.6 is 11.3 Å². The average molecular weight is 194 g/mol. The number of aryl methyl sites for hydroxylation is 1. The summed E-state index contributed by atoms with van der Waals surface area (Å²) < 4.78 is 0. The maximum atomic E-state index is 10.7. The summed E-state index contributed by atoms with van der Waals surface area (Å²) >= 11 is 1.37. The second kappa shape index (κ2) is 4.75. The highest BCUT2D eigenvalue weighted by atomic mass is 32.1. The fourth-order valence-electron chi connectivity index (χ4n) is 0.925. The smallest absolute Gasteiger partial charge is 0.110 e. The van der Waals surface area contributed by atoms with Gasteiger partial charge in [-0.2, -0.15) is 5.26 Å². The van der Waals surface area contributed by atoms with E-state index in [9.17, 15) is 9.90 Å². The van der Waals surface area contributed by atoms with E-state index in [1.807, 2.05) is 12.1 Å². The summed E-state index contributed by atoms with van der Waals surface area (Å²) in [5.74, 6) is 0. The number of carbonyl (C=O) groups is 1. The predicted molar refractivity (Wildman–Crippen MR) is 47.2 cm³/mol. The van der Waals surface area contributed by atoms with E-state index in [-0.39, 0.29) is 0 Å². The molecule has 0 amide bonds. The zero-order chi connectivity index (χ0) is 9.68. The molecule has 1 atom stereocenters. The van der Waals surface area contributed by atoms with E-state index in [4.69, 9.17) is 5.26 Å². The van der Waals surface area contributed by atoms with Gasteiger partial charge in [-0.05, 0) is 18.6 Å². The summed E-state index contributed by atoms with van der Waals surface area (Å²) in [6.07, 6.45) is 0.181. The van der Waals surface area contributed by atoms with Crippen molar-refractivity contribution in [3.63, 3.8) is 0 Å². The summed E-state index contributed by atoms with van der Waals surface area (Å²) in [5, 5.41) is 19.2. The Morgan fingerprint density at radius 1 is 1.69 bits per heavy atom. The zero-order valence-electron chi connectivity index (χ0n) is 6.90. The quantitative estimate of drug-likeness (QED) is 0.655. The Hall–Kier alpha value is -1.18. The minimum absolute atomic E-state index is 0.314. The molecular formula is C9H8NO2S-. The predicted octanol–water partition coefficient (Wildman–Crippen LogP) is 0.480. The third-order valence-corrected chi connectivity index (χ3v) is 2.65. The molecular weight excluding hydrogens is 186 g/mol. The van der Waals surface area contributed by atoms with Gasteiger partial charge in [0.1, 0.15) is 17.2 Å². The van der Waals surface area contributed by atoms with Gasteiger partial charge in [-0.3, -0.25) is 0 Å². The lowest BCUT2D eigenvalue weighted by Gasteiger charge is -2.12. The van der Waals surface area contributed by atoms with Crippen LogP contribution in [0.5, 0.6) is 0 Å². The number of hydrogen-bond donors (Lipinski definition) is 0. The van der Waals surface area contributed by atoms with Gasteiger partial charge < -0.3 is 9.90 Å². The van der Waals surface area contributed by atoms with E-state index in [0.717, 1.165) is 4.88 Å². The molecule has 1 rings (SSSR count). The number of nitrogens with zero attached hydrogens (tertiary/aromatic N) is 1. The molecule has 0 aliphatic heterocycles. The molecule has 0 aromatic carbocycles. The fraction of sp³-hybridized carbons (Fsp3) is 0.333. The van der Waals surface area contributed by atoms with E-state index >= 15 is 0 Å². The second-order valence-corrected chi connectivity index (χ2v) is 3.76. The van der Waals surface area contributed by atoms with Gasteiger partial charge in [0.15, 0.2) is 0 Å². The van der Waals surface area contributed by atoms with Crippen LogP contribution in [0.25, 0.3) is 0 Å². The van der Waals surface area contributed by atoms with E-state index in [1.165, 1.54) is 11.3 Å². The van der Waals surface area contributed by atoms with Crippen LogP contribution < -0.4 is 5.11 Å². The number of nitriles is 1. The second-order valence-electron chi connectivity index (χ2n) is 2.59. The molecule has 1 aromatic rings. The Balaban J connectivity index is 2.46. The van der Waals surface area contributed by atoms with Crippen LogP contribution in [-0.2, 0) is 11.2 Å². The topological polar surface area (TPSA) is 63.9 Å². The SMILES string of the molecule is N#Cc1ccc(CCC([O-])C=O)s1. The minimum Gasteiger partial charge on any atom is -0.847 e. The van der Waals surface area contributed by atoms with Crippen molar-refractivity contribution in [2.75, 3.05) is 0 Å². The first-order chi connectivity index (χ1) is 6.26. The Morgan fingerprint density at radius 3 is 3.00 bits per heavy atom. The molecule has 13 heavy (non-hydrogen) atoms. The van der Waals surface area contributed by atoms with Gasteiger partial charge in [0.05, 0.1) is 0 Å². The van der Waals surface area contributed by atoms with E-state index in [2.05, 4.69) is 0 Å². The van der Waals surface area contributed by atoms with Crippen molar-refractivity contribution in [2.45, 2.75) is 18.9 Å². The van der Waals surface area contributed by atoms with Gasteiger partial charge in [0.25, 0.3) is 0 Å². The standard InChI is InChI=1S/C9H8NO2S/c10-5-9-4-3-8(13-9)2-1-7(12)6-11/h3-4,6-7H,1-2H2/q-1. The molecule has 0 saturated heterocycles. The Bertz CT molecular complexity index is 327. The van der Waals surface area contributed by atoms with Gasteiger partial charge in [-0.1, -0.05) is 12.5 Å². The van der Waals surface area contributed by atoms with E-state index < -0.39 is 6.10 Å². The third kappa shape index (κ3) is 2.98. The maximum Gasteiger partial charge on any atom is 0.110 e. The van der Waals surface area contributed by atoms with Gasteiger partial charge >= 0.3 is 0 Å². The first-order valence-electron chi connectivity index (χ1n) is 3.86. The van der Waals surface area contributed by atoms with Gasteiger partial charge in [0.2, 0.25) is 0 Å². The molecule has 0 aliphatic carbocycles. The van der Waals surface area contributed by atoms with Crippen LogP contribution in [0, 0.1) is 11.3 Å². The summed E-state index contributed by atoms with van der Waals surface area (Å²) in [5.41, 5.74) is 0. The number of aldehydes is 1. The summed E-state index contributed by atoms with van der Waals surface area (Å²) in [7, 11) is 0. The van der Waals surface area contributed by atoms with Crippen molar-refractivity contribution in [1.82, 2.24) is 0 Å². The van der Waals surface area contributed by atoms with Crippen LogP contribution in [0.4, 0.5) is 0 Å². The summed E-state index contributed by atoms with van der Waals surface area (Å²) in [4.78, 5) is 11.7. The molecule has 68 valence electrons. The van der Waals surface area contributed by atoms with Crippen LogP contribution in [0.1, 0.15) is 16.2 Å². The van der Waals surface area contributed by atoms with Crippen LogP contribution in [0.15, 0.2) is 12.1 Å². The highest BCUT2D eigenvalue weighted by Crippen LogP contribution is 2.16. The number of thiophene rings is 1. The highest BCUT2D eigenvalue weighted by Gasteiger charge is 1.99. The van der Waals surface area contributed by atoms with Crippen molar-refractivity contribution in [3.05, 3.63) is 21.9 Å². The first-order valence-corrected chi connectivity index (χ1v) is 4.68. The van der Waals surface area contributed by atoms with Crippen molar-refractivity contribution in [2.24, 2.45) is 0 Å². The Morgan fingerprint density at radius 2 is 2.46 bits per heavy atom. The normalized spacial score (nSPS) is 12.0. The van der Waals surface area contributed by atoms with Crippen LogP contribution in [0.3, 0.4) is 0 Å². The van der Waals surface area contributed by atoms with Crippen LogP contribution in [0.2, 0.25) is 0 Å². The number of hydrogen-bond acceptors (Lipinski definition) is 4. The zero-order valence-corrected chi connectivity index (χ0v) is 7.71. The summed E-state index contributed by atoms with van der Waals surface area (Å²) in [6, 6.07) is 5.56. The van der Waals surface area contributed by atoms with Crippen molar-refractivity contribution in [1.29, 1.82) is 5.26 Å². The van der Waals surface area contributed by atoms with Crippen molar-refractivity contribution >= 4 is 17.6 Å². The van der Waals surface area contributed by atoms with E-state index in [0.29, 0.717) is 24.0 Å². The molecule has 0 N–H and O–H groups in total.